The number of aliphatic imine (C=N–C) groups is 1. The summed E-state index contributed by atoms with van der Waals surface area (Å²) in [6, 6.07) is 0.453. The van der Waals surface area contributed by atoms with E-state index in [9.17, 15) is 0 Å². The van der Waals surface area contributed by atoms with E-state index < -0.39 is 0 Å². The van der Waals surface area contributed by atoms with Crippen LogP contribution in [0.1, 0.15) is 62.4 Å². The van der Waals surface area contributed by atoms with Crippen LogP contribution in [0.15, 0.2) is 71.6 Å². The predicted molar refractivity (Wildman–Crippen MR) is 127 cm³/mol. The molecule has 0 amide bonds. The maximum atomic E-state index is 4.65. The predicted octanol–water partition coefficient (Wildman–Crippen LogP) is 4.56. The molecule has 2 aliphatic heterocycles. The molecule has 1 aliphatic carbocycles. The van der Waals surface area contributed by atoms with E-state index in [4.69, 9.17) is 0 Å². The van der Waals surface area contributed by atoms with Crippen LogP contribution in [0, 0.1) is 0 Å². The first-order valence-electron chi connectivity index (χ1n) is 11.4. The minimum atomic E-state index is 0.453. The van der Waals surface area contributed by atoms with Crippen molar-refractivity contribution in [2.24, 2.45) is 4.99 Å². The van der Waals surface area contributed by atoms with Crippen LogP contribution in [0.3, 0.4) is 0 Å². The van der Waals surface area contributed by atoms with E-state index in [0.29, 0.717) is 12.0 Å². The zero-order valence-electron chi connectivity index (χ0n) is 18.4. The monoisotopic (exact) mass is 766 g/mol. The van der Waals surface area contributed by atoms with Crippen molar-refractivity contribution in [3.63, 3.8) is 0 Å². The Bertz CT molecular complexity index is 1040. The molecule has 0 spiro atoms. The Morgan fingerprint density at radius 2 is 1.84 bits per heavy atom. The molecule has 1 saturated heterocycles. The average molecular weight is 766 g/mol. The number of allylic oxidation sites excluding steroid dienone is 7. The Morgan fingerprint density at radius 3 is 2.59 bits per heavy atom. The summed E-state index contributed by atoms with van der Waals surface area (Å²) < 4.78 is 2.49. The van der Waals surface area contributed by atoms with E-state index in [0.717, 1.165) is 35.6 Å². The second-order valence-corrected chi connectivity index (χ2v) is 11.9. The summed E-state index contributed by atoms with van der Waals surface area (Å²) in [5.74, 6) is 1.78. The fourth-order valence-electron chi connectivity index (χ4n) is 4.43. The van der Waals surface area contributed by atoms with E-state index >= 15 is 0 Å². The van der Waals surface area contributed by atoms with Gasteiger partial charge in [0.15, 0.2) is 0 Å². The van der Waals surface area contributed by atoms with E-state index in [2.05, 4.69) is 57.7 Å². The summed E-state index contributed by atoms with van der Waals surface area (Å²) in [6.45, 7) is 9.64. The Balaban J connectivity index is 1.26. The number of hydrogen-bond acceptors (Lipinski definition) is 3. The normalized spacial score (nSPS) is 21.4. The van der Waals surface area contributed by atoms with Crippen LogP contribution < -0.4 is 5.32 Å². The fourth-order valence-corrected chi connectivity index (χ4v) is 5.54. The third-order valence-corrected chi connectivity index (χ3v) is 9.13. The van der Waals surface area contributed by atoms with Crippen molar-refractivity contribution in [2.75, 3.05) is 6.54 Å². The summed E-state index contributed by atoms with van der Waals surface area (Å²) in [5.41, 5.74) is 5.71. The number of aromatic amines is 1. The van der Waals surface area contributed by atoms with Gasteiger partial charge in [-0.2, -0.15) is 0 Å². The zero-order chi connectivity index (χ0) is 22.5. The summed E-state index contributed by atoms with van der Waals surface area (Å²) in [4.78, 5) is 12.8. The molecule has 1 atom stereocenters. The molecule has 4 nitrogen and oxygen atoms in total. The molecule has 4 rings (SSSR count). The Kier molecular flexibility index (Phi) is 8.32. The fraction of sp³-hybridized carbons (Fsp3) is 0.385. The Hall–Kier alpha value is -1.34. The molecule has 166 valence electrons. The first-order valence-corrected chi connectivity index (χ1v) is 14.3. The third kappa shape index (κ3) is 5.96. The standard InChI is InChI=1S/C26H30N4.2W/c1-19(9-6-13-23-18-29-26(30-23)21-11-3-4-12-21)8-5-10-20(2)22-16-25(28-17-22)24-14-7-15-27-24;;/h5-6,9-10,17-18,21,24,27H,1-4,7,11-12,14-16H2,(H,29,30);;/b9-6-,10-5-;;. The average Bonchev–Trinajstić information content (AvgIpc) is 3.59. The SMILES string of the molecule is C=C(/C=C\[C](=[W])c1cnc(C2CCCC2)[nH]1)[C](=[W])/C=C\C(=C)C1=CN=C(C2CCCN2)C1. The number of H-pyrrole nitrogens is 1. The number of imidazole rings is 1. The molecule has 0 aromatic carbocycles. The quantitative estimate of drug-likeness (QED) is 0.363. The second kappa shape index (κ2) is 11.2. The molecule has 2 fully saturated rings. The van der Waals surface area contributed by atoms with Crippen LogP contribution in [0.2, 0.25) is 0 Å². The third-order valence-electron chi connectivity index (χ3n) is 6.42. The Labute approximate surface area is 213 Å². The molecule has 32 heavy (non-hydrogen) atoms. The molecule has 3 aliphatic rings. The van der Waals surface area contributed by atoms with Gasteiger partial charge in [-0.3, -0.25) is 0 Å². The molecular formula is C26H30N4W2. The molecule has 1 saturated carbocycles. The molecule has 3 heterocycles. The van der Waals surface area contributed by atoms with Crippen molar-refractivity contribution < 1.29 is 38.7 Å². The molecule has 0 radical (unpaired) electrons. The topological polar surface area (TPSA) is 53.1 Å². The van der Waals surface area contributed by atoms with Gasteiger partial charge in [0.1, 0.15) is 0 Å². The molecule has 1 unspecified atom stereocenters. The number of nitrogens with zero attached hydrogens (tertiary/aromatic N) is 2. The Morgan fingerprint density at radius 1 is 1.03 bits per heavy atom. The van der Waals surface area contributed by atoms with E-state index in [1.165, 1.54) is 96.3 Å². The van der Waals surface area contributed by atoms with Crippen LogP contribution in [-0.4, -0.2) is 36.1 Å². The van der Waals surface area contributed by atoms with Crippen LogP contribution >= 0.6 is 0 Å². The number of nitrogens with one attached hydrogen (secondary N) is 2. The van der Waals surface area contributed by atoms with Gasteiger partial charge in [0, 0.05) is 0 Å². The number of rotatable bonds is 9. The molecular weight excluding hydrogens is 736 g/mol. The number of hydrogen-bond donors (Lipinski definition) is 2. The van der Waals surface area contributed by atoms with Gasteiger partial charge in [-0.15, -0.1) is 0 Å². The first-order chi connectivity index (χ1) is 15.5. The van der Waals surface area contributed by atoms with Gasteiger partial charge in [-0.25, -0.2) is 0 Å². The summed E-state index contributed by atoms with van der Waals surface area (Å²) in [5, 5.41) is 3.54. The van der Waals surface area contributed by atoms with Gasteiger partial charge in [-0.1, -0.05) is 0 Å². The van der Waals surface area contributed by atoms with Gasteiger partial charge in [0.05, 0.1) is 0 Å². The van der Waals surface area contributed by atoms with E-state index in [1.807, 2.05) is 12.4 Å². The van der Waals surface area contributed by atoms with Crippen molar-refractivity contribution in [1.82, 2.24) is 15.3 Å². The van der Waals surface area contributed by atoms with E-state index in [1.54, 1.807) is 0 Å². The molecule has 1 aromatic rings. The molecule has 1 aromatic heterocycles. The second-order valence-electron chi connectivity index (χ2n) is 8.71. The minimum absolute atomic E-state index is 0.453. The number of aromatic nitrogens is 2. The van der Waals surface area contributed by atoms with Crippen LogP contribution in [0.25, 0.3) is 0 Å². The van der Waals surface area contributed by atoms with Gasteiger partial charge in [0.2, 0.25) is 0 Å². The molecule has 2 N–H and O–H groups in total. The molecule has 0 bridgehead atoms. The summed E-state index contributed by atoms with van der Waals surface area (Å²) in [6.07, 6.45) is 21.1. The first kappa shape index (κ1) is 23.8. The van der Waals surface area contributed by atoms with Crippen LogP contribution in [0.4, 0.5) is 0 Å². The van der Waals surface area contributed by atoms with Crippen LogP contribution in [-0.2, 0) is 38.7 Å². The maximum absolute atomic E-state index is 4.65. The van der Waals surface area contributed by atoms with E-state index in [-0.39, 0.29) is 0 Å². The zero-order valence-corrected chi connectivity index (χ0v) is 24.3. The molecule has 6 heteroatoms. The van der Waals surface area contributed by atoms with Gasteiger partial charge in [-0.05, 0) is 0 Å². The van der Waals surface area contributed by atoms with Gasteiger partial charge >= 0.3 is 214 Å². The van der Waals surface area contributed by atoms with Crippen molar-refractivity contribution in [1.29, 1.82) is 0 Å². The summed E-state index contributed by atoms with van der Waals surface area (Å²) >= 11 is 2.83. The van der Waals surface area contributed by atoms with Crippen molar-refractivity contribution >= 4 is 13.5 Å². The van der Waals surface area contributed by atoms with Crippen molar-refractivity contribution in [3.05, 3.63) is 78.1 Å². The van der Waals surface area contributed by atoms with Gasteiger partial charge < -0.3 is 0 Å². The van der Waals surface area contributed by atoms with Crippen LogP contribution in [0.5, 0.6) is 0 Å². The van der Waals surface area contributed by atoms with Crippen molar-refractivity contribution in [2.45, 2.75) is 56.9 Å². The summed E-state index contributed by atoms with van der Waals surface area (Å²) in [7, 11) is 0. The van der Waals surface area contributed by atoms with Crippen molar-refractivity contribution in [3.8, 4) is 0 Å². The van der Waals surface area contributed by atoms with Gasteiger partial charge in [0.25, 0.3) is 0 Å².